The highest BCUT2D eigenvalue weighted by Crippen LogP contribution is 2.29. The lowest BCUT2D eigenvalue weighted by atomic mass is 9.92. The van der Waals surface area contributed by atoms with Crippen LogP contribution in [0.15, 0.2) is 18.2 Å². The fraction of sp³-hybridized carbons (Fsp3) is 0.429. The van der Waals surface area contributed by atoms with E-state index in [1.807, 2.05) is 6.92 Å². The van der Waals surface area contributed by atoms with Crippen LogP contribution < -0.4 is 5.32 Å². The van der Waals surface area contributed by atoms with Crippen LogP contribution in [0, 0.1) is 11.6 Å². The lowest BCUT2D eigenvalue weighted by Gasteiger charge is -2.22. The summed E-state index contributed by atoms with van der Waals surface area (Å²) >= 11 is 0. The van der Waals surface area contributed by atoms with Gasteiger partial charge in [0.1, 0.15) is 5.54 Å². The summed E-state index contributed by atoms with van der Waals surface area (Å²) in [6.07, 6.45) is 1.55. The summed E-state index contributed by atoms with van der Waals surface area (Å²) < 4.78 is 26.3. The van der Waals surface area contributed by atoms with Crippen LogP contribution in [0.4, 0.5) is 13.6 Å². The average molecular weight is 282 g/mol. The minimum absolute atomic E-state index is 0.230. The van der Waals surface area contributed by atoms with Crippen LogP contribution >= 0.6 is 0 Å². The summed E-state index contributed by atoms with van der Waals surface area (Å²) in [5.74, 6) is -2.48. The summed E-state index contributed by atoms with van der Waals surface area (Å²) in [7, 11) is 0. The molecule has 4 nitrogen and oxygen atoms in total. The summed E-state index contributed by atoms with van der Waals surface area (Å²) in [5.41, 5.74) is -1.12. The van der Waals surface area contributed by atoms with Crippen molar-refractivity contribution in [2.75, 3.05) is 6.54 Å². The number of amides is 3. The highest BCUT2D eigenvalue weighted by Gasteiger charge is 2.48. The van der Waals surface area contributed by atoms with Gasteiger partial charge in [0.2, 0.25) is 0 Å². The van der Waals surface area contributed by atoms with Crippen molar-refractivity contribution in [1.29, 1.82) is 0 Å². The van der Waals surface area contributed by atoms with E-state index < -0.39 is 29.1 Å². The molecule has 0 saturated carbocycles. The van der Waals surface area contributed by atoms with E-state index in [0.29, 0.717) is 13.0 Å². The second-order valence-corrected chi connectivity index (χ2v) is 4.99. The molecule has 1 aliphatic heterocycles. The van der Waals surface area contributed by atoms with Gasteiger partial charge in [-0.25, -0.2) is 13.6 Å². The molecule has 1 heterocycles. The van der Waals surface area contributed by atoms with Crippen LogP contribution in [0.25, 0.3) is 0 Å². The van der Waals surface area contributed by atoms with Gasteiger partial charge in [0.15, 0.2) is 11.6 Å². The zero-order valence-electron chi connectivity index (χ0n) is 11.4. The molecule has 108 valence electrons. The van der Waals surface area contributed by atoms with Crippen LogP contribution in [0.3, 0.4) is 0 Å². The second kappa shape index (κ2) is 5.19. The molecular formula is C14H16F2N2O2. The van der Waals surface area contributed by atoms with Crippen molar-refractivity contribution in [3.05, 3.63) is 35.4 Å². The normalized spacial score (nSPS) is 22.3. The summed E-state index contributed by atoms with van der Waals surface area (Å²) in [6.45, 7) is 3.76. The molecule has 0 spiro atoms. The smallest absolute Gasteiger partial charge is 0.319 e. The van der Waals surface area contributed by atoms with Crippen LogP contribution in [-0.2, 0) is 10.3 Å². The summed E-state index contributed by atoms with van der Waals surface area (Å²) in [5, 5.41) is 2.55. The highest BCUT2D eigenvalue weighted by molar-refractivity contribution is 6.07. The number of carbonyl (C=O) groups is 2. The van der Waals surface area contributed by atoms with Gasteiger partial charge in [-0.3, -0.25) is 9.69 Å². The largest absolute Gasteiger partial charge is 0.325 e. The van der Waals surface area contributed by atoms with E-state index in [1.54, 1.807) is 0 Å². The predicted molar refractivity (Wildman–Crippen MR) is 68.9 cm³/mol. The molecule has 0 radical (unpaired) electrons. The molecule has 6 heteroatoms. The number of benzene rings is 1. The molecular weight excluding hydrogens is 266 g/mol. The van der Waals surface area contributed by atoms with E-state index in [-0.39, 0.29) is 5.56 Å². The minimum atomic E-state index is -1.35. The van der Waals surface area contributed by atoms with Gasteiger partial charge in [0.05, 0.1) is 0 Å². The molecule has 1 fully saturated rings. The predicted octanol–water partition coefficient (Wildman–Crippen LogP) is 2.53. The number of urea groups is 1. The van der Waals surface area contributed by atoms with Crippen molar-refractivity contribution in [3.8, 4) is 0 Å². The number of imide groups is 1. The summed E-state index contributed by atoms with van der Waals surface area (Å²) in [4.78, 5) is 25.3. The molecule has 1 aromatic rings. The first kappa shape index (κ1) is 14.4. The third-order valence-corrected chi connectivity index (χ3v) is 3.51. The topological polar surface area (TPSA) is 49.4 Å². The lowest BCUT2D eigenvalue weighted by Crippen LogP contribution is -2.41. The first-order chi connectivity index (χ1) is 9.40. The molecule has 20 heavy (non-hydrogen) atoms. The van der Waals surface area contributed by atoms with Gasteiger partial charge in [-0.05, 0) is 31.0 Å². The Kier molecular flexibility index (Phi) is 3.74. The van der Waals surface area contributed by atoms with Gasteiger partial charge >= 0.3 is 6.03 Å². The van der Waals surface area contributed by atoms with Gasteiger partial charge in [0.25, 0.3) is 5.91 Å². The van der Waals surface area contributed by atoms with E-state index in [9.17, 15) is 18.4 Å². The molecule has 0 bridgehead atoms. The maximum atomic E-state index is 13.3. The van der Waals surface area contributed by atoms with E-state index in [1.165, 1.54) is 13.0 Å². The van der Waals surface area contributed by atoms with Crippen molar-refractivity contribution in [2.24, 2.45) is 0 Å². The maximum Gasteiger partial charge on any atom is 0.325 e. The first-order valence-corrected chi connectivity index (χ1v) is 6.49. The molecule has 1 atom stereocenters. The highest BCUT2D eigenvalue weighted by atomic mass is 19.2. The van der Waals surface area contributed by atoms with Crippen molar-refractivity contribution >= 4 is 11.9 Å². The Balaban J connectivity index is 2.33. The zero-order valence-corrected chi connectivity index (χ0v) is 11.4. The van der Waals surface area contributed by atoms with Crippen LogP contribution in [0.5, 0.6) is 0 Å². The number of nitrogens with one attached hydrogen (secondary N) is 1. The first-order valence-electron chi connectivity index (χ1n) is 6.49. The van der Waals surface area contributed by atoms with E-state index in [0.717, 1.165) is 23.5 Å². The number of carbonyl (C=O) groups excluding carboxylic acids is 2. The van der Waals surface area contributed by atoms with Crippen LogP contribution in [0.1, 0.15) is 32.3 Å². The number of unbranched alkanes of at least 4 members (excludes halogenated alkanes) is 1. The molecule has 2 rings (SSSR count). The van der Waals surface area contributed by atoms with Gasteiger partial charge < -0.3 is 5.32 Å². The van der Waals surface area contributed by atoms with E-state index in [4.69, 9.17) is 0 Å². The van der Waals surface area contributed by atoms with Gasteiger partial charge in [-0.2, -0.15) is 0 Å². The summed E-state index contributed by atoms with van der Waals surface area (Å²) in [6, 6.07) is 2.69. The van der Waals surface area contributed by atoms with Crippen molar-refractivity contribution in [1.82, 2.24) is 10.2 Å². The van der Waals surface area contributed by atoms with Crippen LogP contribution in [-0.4, -0.2) is 23.4 Å². The molecule has 1 aliphatic rings. The van der Waals surface area contributed by atoms with E-state index >= 15 is 0 Å². The Morgan fingerprint density at radius 2 is 1.95 bits per heavy atom. The SMILES string of the molecule is CCCCN1C(=O)NC(C)(c2ccc(F)c(F)c2)C1=O. The fourth-order valence-electron chi connectivity index (χ4n) is 2.22. The molecule has 1 N–H and O–H groups in total. The molecule has 0 aliphatic carbocycles. The molecule has 1 aromatic carbocycles. The Morgan fingerprint density at radius 3 is 2.55 bits per heavy atom. The molecule has 1 saturated heterocycles. The third kappa shape index (κ3) is 2.26. The number of rotatable bonds is 4. The molecule has 1 unspecified atom stereocenters. The monoisotopic (exact) mass is 282 g/mol. The number of nitrogens with zero attached hydrogens (tertiary/aromatic N) is 1. The third-order valence-electron chi connectivity index (χ3n) is 3.51. The standard InChI is InChI=1S/C14H16F2N2O2/c1-3-4-7-18-12(19)14(2,17-13(18)20)9-5-6-10(15)11(16)8-9/h5-6,8H,3-4,7H2,1-2H3,(H,17,20). The van der Waals surface area contributed by atoms with Gasteiger partial charge in [-0.15, -0.1) is 0 Å². The second-order valence-electron chi connectivity index (χ2n) is 4.99. The maximum absolute atomic E-state index is 13.3. The van der Waals surface area contributed by atoms with Crippen molar-refractivity contribution in [2.45, 2.75) is 32.2 Å². The number of hydrogen-bond acceptors (Lipinski definition) is 2. The number of halogens is 2. The zero-order chi connectivity index (χ0) is 14.9. The van der Waals surface area contributed by atoms with E-state index in [2.05, 4.69) is 5.32 Å². The van der Waals surface area contributed by atoms with Crippen molar-refractivity contribution < 1.29 is 18.4 Å². The van der Waals surface area contributed by atoms with Gasteiger partial charge in [-0.1, -0.05) is 19.4 Å². The Bertz CT molecular complexity index is 562. The van der Waals surface area contributed by atoms with Crippen molar-refractivity contribution in [3.63, 3.8) is 0 Å². The van der Waals surface area contributed by atoms with Crippen LogP contribution in [0.2, 0.25) is 0 Å². The number of hydrogen-bond donors (Lipinski definition) is 1. The molecule has 0 aromatic heterocycles. The Hall–Kier alpha value is -1.98. The lowest BCUT2D eigenvalue weighted by molar-refractivity contribution is -0.131. The Labute approximate surface area is 115 Å². The quantitative estimate of drug-likeness (QED) is 0.863. The Morgan fingerprint density at radius 1 is 1.25 bits per heavy atom. The molecule has 3 amide bonds. The minimum Gasteiger partial charge on any atom is -0.319 e. The van der Waals surface area contributed by atoms with Gasteiger partial charge in [0, 0.05) is 6.54 Å². The fourth-order valence-corrected chi connectivity index (χ4v) is 2.22. The average Bonchev–Trinajstić information content (AvgIpc) is 2.62.